The molecule has 2 rings (SSSR count). The van der Waals surface area contributed by atoms with Gasteiger partial charge >= 0.3 is 0 Å². The lowest BCUT2D eigenvalue weighted by molar-refractivity contribution is -0.119. The van der Waals surface area contributed by atoms with Gasteiger partial charge in [0, 0.05) is 15.8 Å². The Bertz CT molecular complexity index is 601. The molecule has 1 amide bonds. The molecule has 1 saturated heterocycles. The van der Waals surface area contributed by atoms with Crippen LogP contribution < -0.4 is 5.32 Å². The van der Waals surface area contributed by atoms with Crippen molar-refractivity contribution in [1.29, 1.82) is 0 Å². The highest BCUT2D eigenvalue weighted by Crippen LogP contribution is 2.23. The van der Waals surface area contributed by atoms with Gasteiger partial charge in [-0.3, -0.25) is 4.79 Å². The number of nitrogens with zero attached hydrogens (tertiary/aromatic N) is 1. The molecule has 5 nitrogen and oxygen atoms in total. The number of anilines is 1. The molecule has 0 saturated carbocycles. The summed E-state index contributed by atoms with van der Waals surface area (Å²) in [5.41, 5.74) is 0.695. The topological polar surface area (TPSA) is 66.5 Å². The van der Waals surface area contributed by atoms with Crippen LogP contribution in [0.1, 0.15) is 26.2 Å². The normalized spacial score (nSPS) is 19.6. The molecule has 1 aliphatic rings. The smallest absolute Gasteiger partial charge is 0.242 e. The number of halogens is 1. The molecule has 1 N–H and O–H groups in total. The summed E-state index contributed by atoms with van der Waals surface area (Å²) in [4.78, 5) is 12.3. The summed E-state index contributed by atoms with van der Waals surface area (Å²) in [6, 6.07) is 6.85. The second-order valence-electron chi connectivity index (χ2n) is 5.08. The molecule has 7 heteroatoms. The van der Waals surface area contributed by atoms with Crippen molar-refractivity contribution in [1.82, 2.24) is 4.31 Å². The van der Waals surface area contributed by atoms with E-state index in [1.165, 1.54) is 4.31 Å². The average molecular weight is 422 g/mol. The number of carbonyl (C=O) groups is 1. The minimum atomic E-state index is -3.33. The van der Waals surface area contributed by atoms with Crippen molar-refractivity contribution in [2.24, 2.45) is 0 Å². The zero-order valence-corrected chi connectivity index (χ0v) is 14.9. The molecule has 1 fully saturated rings. The molecule has 1 aliphatic heterocycles. The van der Waals surface area contributed by atoms with E-state index in [-0.39, 0.29) is 11.7 Å². The van der Waals surface area contributed by atoms with Crippen LogP contribution in [0.2, 0.25) is 0 Å². The van der Waals surface area contributed by atoms with E-state index in [9.17, 15) is 13.2 Å². The number of benzene rings is 1. The molecule has 0 aliphatic carbocycles. The molecule has 0 aromatic heterocycles. The van der Waals surface area contributed by atoms with Crippen LogP contribution in [0.4, 0.5) is 5.69 Å². The van der Waals surface area contributed by atoms with Crippen LogP contribution in [0.5, 0.6) is 0 Å². The van der Waals surface area contributed by atoms with E-state index in [4.69, 9.17) is 0 Å². The van der Waals surface area contributed by atoms with Gasteiger partial charge < -0.3 is 5.32 Å². The molecule has 116 valence electrons. The first-order chi connectivity index (χ1) is 9.94. The highest BCUT2D eigenvalue weighted by molar-refractivity contribution is 14.1. The Kier molecular flexibility index (Phi) is 5.61. The van der Waals surface area contributed by atoms with Crippen LogP contribution in [0, 0.1) is 3.57 Å². The average Bonchev–Trinajstić information content (AvgIpc) is 2.91. The first-order valence-corrected chi connectivity index (χ1v) is 9.69. The summed E-state index contributed by atoms with van der Waals surface area (Å²) in [7, 11) is -3.33. The second kappa shape index (κ2) is 7.06. The third-order valence-corrected chi connectivity index (χ3v) is 6.23. The fourth-order valence-corrected chi connectivity index (χ4v) is 4.58. The van der Waals surface area contributed by atoms with Gasteiger partial charge in [0.05, 0.1) is 5.75 Å². The predicted octanol–water partition coefficient (Wildman–Crippen LogP) is 2.43. The minimum Gasteiger partial charge on any atom is -0.325 e. The quantitative estimate of drug-likeness (QED) is 0.742. The van der Waals surface area contributed by atoms with Gasteiger partial charge in [0.15, 0.2) is 0 Å². The van der Waals surface area contributed by atoms with E-state index in [2.05, 4.69) is 27.9 Å². The van der Waals surface area contributed by atoms with Crippen LogP contribution in [-0.2, 0) is 14.8 Å². The maximum absolute atomic E-state index is 12.3. The van der Waals surface area contributed by atoms with Gasteiger partial charge in [0.1, 0.15) is 6.04 Å². The molecular weight excluding hydrogens is 403 g/mol. The fraction of sp³-hybridized carbons (Fsp3) is 0.500. The van der Waals surface area contributed by atoms with E-state index in [1.807, 2.05) is 31.2 Å². The number of rotatable bonds is 5. The molecule has 0 unspecified atom stereocenters. The lowest BCUT2D eigenvalue weighted by Gasteiger charge is -2.23. The van der Waals surface area contributed by atoms with E-state index in [1.54, 1.807) is 0 Å². The number of hydrogen-bond acceptors (Lipinski definition) is 3. The molecule has 1 aromatic rings. The lowest BCUT2D eigenvalue weighted by Crippen LogP contribution is -2.44. The maximum atomic E-state index is 12.3. The summed E-state index contributed by atoms with van der Waals surface area (Å²) in [6.07, 6.45) is 1.87. The Labute approximate surface area is 139 Å². The Morgan fingerprint density at radius 1 is 1.38 bits per heavy atom. The van der Waals surface area contributed by atoms with Gasteiger partial charge in [0.2, 0.25) is 15.9 Å². The fourth-order valence-electron chi connectivity index (χ4n) is 2.47. The zero-order chi connectivity index (χ0) is 15.5. The predicted molar refractivity (Wildman–Crippen MR) is 91.6 cm³/mol. The summed E-state index contributed by atoms with van der Waals surface area (Å²) in [5.74, 6) is -0.145. The first-order valence-electron chi connectivity index (χ1n) is 7.00. The second-order valence-corrected chi connectivity index (χ2v) is 8.37. The van der Waals surface area contributed by atoms with Crippen molar-refractivity contribution < 1.29 is 13.2 Å². The molecular formula is C14H19IN2O3S. The van der Waals surface area contributed by atoms with Gasteiger partial charge in [-0.05, 0) is 66.1 Å². The van der Waals surface area contributed by atoms with E-state index >= 15 is 0 Å². The standard InChI is InChI=1S/C14H19IN2O3S/c1-2-10-21(19,20)17-9-3-4-13(17)14(18)16-12-7-5-11(15)6-8-12/h5-8,13H,2-4,9-10H2,1H3,(H,16,18)/t13-/m0/s1. The molecule has 0 bridgehead atoms. The van der Waals surface area contributed by atoms with E-state index in [0.717, 1.165) is 9.99 Å². The number of sulfonamides is 1. The van der Waals surface area contributed by atoms with Crippen molar-refractivity contribution >= 4 is 44.2 Å². The van der Waals surface area contributed by atoms with Gasteiger partial charge in [-0.2, -0.15) is 4.31 Å². The number of nitrogens with one attached hydrogen (secondary N) is 1. The molecule has 21 heavy (non-hydrogen) atoms. The molecule has 1 atom stereocenters. The Hall–Kier alpha value is -0.670. The number of amides is 1. The third-order valence-electron chi connectivity index (χ3n) is 3.44. The first kappa shape index (κ1) is 16.7. The molecule has 0 radical (unpaired) electrons. The Morgan fingerprint density at radius 2 is 2.05 bits per heavy atom. The van der Waals surface area contributed by atoms with Crippen molar-refractivity contribution in [2.45, 2.75) is 32.2 Å². The third kappa shape index (κ3) is 4.17. The maximum Gasteiger partial charge on any atom is 0.242 e. The largest absolute Gasteiger partial charge is 0.325 e. The van der Waals surface area contributed by atoms with Crippen LogP contribution in [-0.4, -0.2) is 37.0 Å². The lowest BCUT2D eigenvalue weighted by atomic mass is 10.2. The summed E-state index contributed by atoms with van der Waals surface area (Å²) in [6.45, 7) is 2.27. The van der Waals surface area contributed by atoms with E-state index < -0.39 is 16.1 Å². The van der Waals surface area contributed by atoms with Crippen molar-refractivity contribution in [3.8, 4) is 0 Å². The van der Waals surface area contributed by atoms with Gasteiger partial charge in [0.25, 0.3) is 0 Å². The SMILES string of the molecule is CCCS(=O)(=O)N1CCC[C@H]1C(=O)Nc1ccc(I)cc1. The van der Waals surface area contributed by atoms with E-state index in [0.29, 0.717) is 25.1 Å². The highest BCUT2D eigenvalue weighted by Gasteiger charge is 2.37. The Balaban J connectivity index is 2.09. The van der Waals surface area contributed by atoms with Crippen LogP contribution in [0.15, 0.2) is 24.3 Å². The molecule has 0 spiro atoms. The minimum absolute atomic E-state index is 0.0975. The van der Waals surface area contributed by atoms with Crippen LogP contribution >= 0.6 is 22.6 Å². The van der Waals surface area contributed by atoms with Crippen LogP contribution in [0.3, 0.4) is 0 Å². The number of hydrogen-bond donors (Lipinski definition) is 1. The molecule has 1 heterocycles. The monoisotopic (exact) mass is 422 g/mol. The summed E-state index contributed by atoms with van der Waals surface area (Å²) >= 11 is 2.19. The highest BCUT2D eigenvalue weighted by atomic mass is 127. The van der Waals surface area contributed by atoms with Crippen molar-refractivity contribution in [3.05, 3.63) is 27.8 Å². The van der Waals surface area contributed by atoms with Gasteiger partial charge in [-0.25, -0.2) is 8.42 Å². The van der Waals surface area contributed by atoms with Crippen molar-refractivity contribution in [3.63, 3.8) is 0 Å². The molecule has 1 aromatic carbocycles. The van der Waals surface area contributed by atoms with Gasteiger partial charge in [-0.15, -0.1) is 0 Å². The number of carbonyl (C=O) groups excluding carboxylic acids is 1. The zero-order valence-electron chi connectivity index (χ0n) is 11.9. The van der Waals surface area contributed by atoms with Gasteiger partial charge in [-0.1, -0.05) is 6.92 Å². The van der Waals surface area contributed by atoms with Crippen LogP contribution in [0.25, 0.3) is 0 Å². The summed E-state index contributed by atoms with van der Waals surface area (Å²) < 4.78 is 26.8. The Morgan fingerprint density at radius 3 is 2.67 bits per heavy atom. The summed E-state index contributed by atoms with van der Waals surface area (Å²) in [5, 5.41) is 2.81. The van der Waals surface area contributed by atoms with Crippen molar-refractivity contribution in [2.75, 3.05) is 17.6 Å².